The fourth-order valence-corrected chi connectivity index (χ4v) is 0.575. The fraction of sp³-hybridized carbons (Fsp3) is 0. The van der Waals surface area contributed by atoms with Crippen molar-refractivity contribution >= 4 is 11.7 Å². The zero-order valence-corrected chi connectivity index (χ0v) is 5.38. The molecule has 0 bridgehead atoms. The van der Waals surface area contributed by atoms with Crippen LogP contribution in [-0.2, 0) is 0 Å². The van der Waals surface area contributed by atoms with Gasteiger partial charge in [-0.05, 0) is 18.1 Å². The molecule has 1 rings (SSSR count). The van der Waals surface area contributed by atoms with Gasteiger partial charge in [0.25, 0.3) is 0 Å². The van der Waals surface area contributed by atoms with Crippen molar-refractivity contribution in [2.24, 2.45) is 0 Å². The molecule has 0 atom stereocenters. The summed E-state index contributed by atoms with van der Waals surface area (Å²) in [7, 11) is 0. The molecule has 0 saturated carbocycles. The summed E-state index contributed by atoms with van der Waals surface area (Å²) >= 11 is 0. The van der Waals surface area contributed by atoms with Crippen LogP contribution in [0.5, 0.6) is 5.75 Å². The zero-order chi connectivity index (χ0) is 11.0. The summed E-state index contributed by atoms with van der Waals surface area (Å²) in [5.74, 6) is -2.35. The number of anilines is 1. The Kier molecular flexibility index (Phi) is 0.958. The molecule has 0 aliphatic heterocycles. The first kappa shape index (κ1) is 4.23. The number of nitrogen functional groups attached to an aromatic ring is 1. The summed E-state index contributed by atoms with van der Waals surface area (Å²) in [6.07, 6.45) is 0. The van der Waals surface area contributed by atoms with Gasteiger partial charge in [0.15, 0.2) is 0 Å². The van der Waals surface area contributed by atoms with E-state index in [1.807, 2.05) is 0 Å². The van der Waals surface area contributed by atoms with Crippen LogP contribution >= 0.6 is 0 Å². The summed E-state index contributed by atoms with van der Waals surface area (Å²) in [5, 5.41) is 17.8. The van der Waals surface area contributed by atoms with Crippen LogP contribution in [0.2, 0.25) is 0 Å². The van der Waals surface area contributed by atoms with Crippen molar-refractivity contribution in [1.29, 1.82) is 0 Å². The molecule has 4 heteroatoms. The molecule has 58 valence electrons. The van der Waals surface area contributed by atoms with E-state index < -0.39 is 41.1 Å². The SMILES string of the molecule is [2H]c1c([2H])c(O)c([2H])c(C(=O)O)c1N. The Bertz CT molecular complexity index is 390. The van der Waals surface area contributed by atoms with Gasteiger partial charge in [-0.2, -0.15) is 0 Å². The first-order chi connectivity index (χ1) is 6.37. The van der Waals surface area contributed by atoms with Gasteiger partial charge in [-0.15, -0.1) is 0 Å². The van der Waals surface area contributed by atoms with Crippen molar-refractivity contribution in [3.8, 4) is 5.75 Å². The normalized spacial score (nSPS) is 13.3. The third-order valence-corrected chi connectivity index (χ3v) is 1.04. The van der Waals surface area contributed by atoms with Crippen LogP contribution in [0.15, 0.2) is 18.1 Å². The molecule has 0 radical (unpaired) electrons. The summed E-state index contributed by atoms with van der Waals surface area (Å²) in [6.45, 7) is 0. The maximum atomic E-state index is 10.6. The van der Waals surface area contributed by atoms with Gasteiger partial charge in [-0.25, -0.2) is 4.79 Å². The second-order valence-electron chi connectivity index (χ2n) is 1.82. The van der Waals surface area contributed by atoms with Crippen LogP contribution in [0.25, 0.3) is 0 Å². The highest BCUT2D eigenvalue weighted by molar-refractivity contribution is 5.94. The van der Waals surface area contributed by atoms with E-state index >= 15 is 0 Å². The second-order valence-corrected chi connectivity index (χ2v) is 1.82. The molecular weight excluding hydrogens is 146 g/mol. The number of hydrogen-bond acceptors (Lipinski definition) is 3. The van der Waals surface area contributed by atoms with E-state index in [0.29, 0.717) is 0 Å². The number of carbonyl (C=O) groups is 1. The van der Waals surface area contributed by atoms with Crippen LogP contribution in [0.3, 0.4) is 0 Å². The van der Waals surface area contributed by atoms with Crippen molar-refractivity contribution in [2.45, 2.75) is 0 Å². The van der Waals surface area contributed by atoms with Crippen LogP contribution in [0, 0.1) is 0 Å². The number of carboxylic acid groups (broad SMARTS) is 1. The van der Waals surface area contributed by atoms with Gasteiger partial charge < -0.3 is 15.9 Å². The minimum Gasteiger partial charge on any atom is -0.508 e. The number of aromatic carboxylic acids is 1. The molecule has 0 aliphatic carbocycles. The molecule has 0 fully saturated rings. The standard InChI is InChI=1S/C7H7NO3/c8-6-2-1-4(9)3-5(6)7(10)11/h1-3,9H,8H2,(H,10,11)/i1D,2D,3D. The Morgan fingerprint density at radius 1 is 1.64 bits per heavy atom. The van der Waals surface area contributed by atoms with Gasteiger partial charge in [0, 0.05) is 5.69 Å². The van der Waals surface area contributed by atoms with Crippen molar-refractivity contribution in [3.63, 3.8) is 0 Å². The van der Waals surface area contributed by atoms with Gasteiger partial charge in [0.1, 0.15) is 5.75 Å². The number of hydrogen-bond donors (Lipinski definition) is 3. The molecule has 0 amide bonds. The van der Waals surface area contributed by atoms with Gasteiger partial charge in [-0.1, -0.05) is 0 Å². The molecule has 0 aromatic heterocycles. The number of nitrogens with two attached hydrogens (primary N) is 1. The minimum atomic E-state index is -1.50. The second kappa shape index (κ2) is 2.49. The zero-order valence-electron chi connectivity index (χ0n) is 8.38. The molecule has 0 unspecified atom stereocenters. The summed E-state index contributed by atoms with van der Waals surface area (Å²) < 4.78 is 21.5. The molecule has 4 nitrogen and oxygen atoms in total. The number of phenolic OH excluding ortho intramolecular Hbond substituents is 1. The Labute approximate surface area is 67.1 Å². The van der Waals surface area contributed by atoms with E-state index in [1.165, 1.54) is 0 Å². The van der Waals surface area contributed by atoms with Gasteiger partial charge in [-0.3, -0.25) is 0 Å². The number of carboxylic acids is 1. The van der Waals surface area contributed by atoms with E-state index in [1.54, 1.807) is 0 Å². The predicted molar refractivity (Wildman–Crippen MR) is 39.5 cm³/mol. The average Bonchev–Trinajstić information content (AvgIpc) is 2.11. The van der Waals surface area contributed by atoms with E-state index in [4.69, 9.17) is 20.1 Å². The molecule has 0 aliphatic rings. The van der Waals surface area contributed by atoms with Crippen molar-refractivity contribution in [2.75, 3.05) is 5.73 Å². The predicted octanol–water partition coefficient (Wildman–Crippen LogP) is 0.673. The van der Waals surface area contributed by atoms with Crippen LogP contribution in [-0.4, -0.2) is 16.2 Å². The van der Waals surface area contributed by atoms with E-state index in [0.717, 1.165) is 0 Å². The third-order valence-electron chi connectivity index (χ3n) is 1.04. The number of benzene rings is 1. The quantitative estimate of drug-likeness (QED) is 0.412. The molecule has 11 heavy (non-hydrogen) atoms. The molecule has 0 spiro atoms. The summed E-state index contributed by atoms with van der Waals surface area (Å²) in [5.41, 5.74) is 4.10. The summed E-state index contributed by atoms with van der Waals surface area (Å²) in [4.78, 5) is 10.6. The Balaban J connectivity index is 3.68. The topological polar surface area (TPSA) is 83.5 Å². The fourth-order valence-electron chi connectivity index (χ4n) is 0.575. The Hall–Kier alpha value is -1.71. The van der Waals surface area contributed by atoms with Crippen LogP contribution in [0.1, 0.15) is 14.5 Å². The van der Waals surface area contributed by atoms with Gasteiger partial charge in [0.2, 0.25) is 0 Å². The maximum Gasteiger partial charge on any atom is 0.337 e. The summed E-state index contributed by atoms with van der Waals surface area (Å²) in [6, 6.07) is -1.97. The first-order valence-corrected chi connectivity index (χ1v) is 2.69. The third kappa shape index (κ3) is 1.40. The lowest BCUT2D eigenvalue weighted by Gasteiger charge is -1.99. The van der Waals surface area contributed by atoms with Crippen LogP contribution in [0.4, 0.5) is 5.69 Å². The number of rotatable bonds is 1. The van der Waals surface area contributed by atoms with Crippen LogP contribution < -0.4 is 5.73 Å². The number of aromatic hydroxyl groups is 1. The van der Waals surface area contributed by atoms with E-state index in [2.05, 4.69) is 0 Å². The molecular formula is C7H7NO3. The Morgan fingerprint density at radius 3 is 2.82 bits per heavy atom. The van der Waals surface area contributed by atoms with Crippen molar-refractivity contribution in [1.82, 2.24) is 0 Å². The van der Waals surface area contributed by atoms with Crippen molar-refractivity contribution < 1.29 is 19.1 Å². The molecule has 1 aromatic rings. The minimum absolute atomic E-state index is 0.481. The average molecular weight is 156 g/mol. The molecule has 0 heterocycles. The Morgan fingerprint density at radius 2 is 2.27 bits per heavy atom. The van der Waals surface area contributed by atoms with Gasteiger partial charge >= 0.3 is 5.97 Å². The number of phenols is 1. The lowest BCUT2D eigenvalue weighted by Crippen LogP contribution is -2.01. The molecule has 1 aromatic carbocycles. The largest absolute Gasteiger partial charge is 0.508 e. The smallest absolute Gasteiger partial charge is 0.337 e. The highest BCUT2D eigenvalue weighted by Gasteiger charge is 2.07. The highest BCUT2D eigenvalue weighted by Crippen LogP contribution is 2.17. The van der Waals surface area contributed by atoms with E-state index in [-0.39, 0.29) is 0 Å². The van der Waals surface area contributed by atoms with Gasteiger partial charge in [0.05, 0.1) is 9.68 Å². The first-order valence-electron chi connectivity index (χ1n) is 4.19. The lowest BCUT2D eigenvalue weighted by atomic mass is 10.2. The van der Waals surface area contributed by atoms with E-state index in [9.17, 15) is 4.79 Å². The monoisotopic (exact) mass is 156 g/mol. The molecule has 4 N–H and O–H groups in total. The lowest BCUT2D eigenvalue weighted by molar-refractivity contribution is 0.0697. The maximum absolute atomic E-state index is 10.6. The van der Waals surface area contributed by atoms with Crippen molar-refractivity contribution in [3.05, 3.63) is 23.7 Å². The highest BCUT2D eigenvalue weighted by atomic mass is 16.4. The molecule has 0 saturated heterocycles.